The second kappa shape index (κ2) is 6.79. The normalized spacial score (nSPS) is 25.4. The summed E-state index contributed by atoms with van der Waals surface area (Å²) in [5, 5.41) is 0.245. The van der Waals surface area contributed by atoms with E-state index in [-0.39, 0.29) is 5.25 Å². The summed E-state index contributed by atoms with van der Waals surface area (Å²) < 4.78 is 32.4. The molecule has 2 fully saturated rings. The lowest BCUT2D eigenvalue weighted by molar-refractivity contribution is 0.0719. The molecule has 7 nitrogen and oxygen atoms in total. The van der Waals surface area contributed by atoms with Gasteiger partial charge in [-0.25, -0.2) is 13.4 Å². The number of aromatic nitrogens is 1. The lowest BCUT2D eigenvalue weighted by Gasteiger charge is -2.36. The number of anilines is 1. The highest BCUT2D eigenvalue weighted by Gasteiger charge is 2.36. The summed E-state index contributed by atoms with van der Waals surface area (Å²) in [6, 6.07) is 0. The highest BCUT2D eigenvalue weighted by atomic mass is 32.2. The van der Waals surface area contributed by atoms with Gasteiger partial charge in [0.25, 0.3) is 0 Å². The van der Waals surface area contributed by atoms with Gasteiger partial charge in [-0.1, -0.05) is 0 Å². The molecule has 0 saturated carbocycles. The maximum Gasteiger partial charge on any atom is 0.218 e. The number of ether oxygens (including phenoxy) is 1. The van der Waals surface area contributed by atoms with Gasteiger partial charge in [0.1, 0.15) is 0 Å². The number of likely N-dealkylation sites (tertiary alicyclic amines) is 1. The average molecular weight is 346 g/mol. The van der Waals surface area contributed by atoms with E-state index in [1.54, 1.807) is 10.5 Å². The summed E-state index contributed by atoms with van der Waals surface area (Å²) in [7, 11) is -3.23. The summed E-state index contributed by atoms with van der Waals surface area (Å²) in [6.07, 6.45) is 3.42. The van der Waals surface area contributed by atoms with Crippen molar-refractivity contribution in [3.05, 3.63) is 11.1 Å². The van der Waals surface area contributed by atoms with Crippen molar-refractivity contribution in [2.45, 2.75) is 24.6 Å². The Hall–Kier alpha value is -0.740. The number of sulfonamides is 1. The third-order valence-electron chi connectivity index (χ3n) is 4.16. The average Bonchev–Trinajstić information content (AvgIpc) is 2.93. The van der Waals surface area contributed by atoms with Gasteiger partial charge in [0.15, 0.2) is 5.13 Å². The fraction of sp³-hybridized carbons (Fsp3) is 0.769. The van der Waals surface area contributed by atoms with Crippen LogP contribution in [0.3, 0.4) is 0 Å². The second-order valence-electron chi connectivity index (χ2n) is 5.72. The van der Waals surface area contributed by atoms with E-state index < -0.39 is 10.0 Å². The van der Waals surface area contributed by atoms with Crippen molar-refractivity contribution in [2.75, 3.05) is 45.1 Å². The van der Waals surface area contributed by atoms with Gasteiger partial charge in [0.2, 0.25) is 10.0 Å². The zero-order valence-corrected chi connectivity index (χ0v) is 14.1. The lowest BCUT2D eigenvalue weighted by Crippen LogP contribution is -2.50. The highest BCUT2D eigenvalue weighted by Crippen LogP contribution is 2.24. The number of piperidine rings is 1. The summed E-state index contributed by atoms with van der Waals surface area (Å²) in [5.41, 5.74) is 5.65. The minimum Gasteiger partial charge on any atom is -0.379 e. The lowest BCUT2D eigenvalue weighted by atomic mass is 10.1. The van der Waals surface area contributed by atoms with Crippen LogP contribution in [0.2, 0.25) is 0 Å². The predicted molar refractivity (Wildman–Crippen MR) is 86.1 cm³/mol. The molecule has 2 aliphatic heterocycles. The van der Waals surface area contributed by atoms with Crippen LogP contribution >= 0.6 is 11.3 Å². The summed E-state index contributed by atoms with van der Waals surface area (Å²) in [4.78, 5) is 7.33. The van der Waals surface area contributed by atoms with Gasteiger partial charge in [0, 0.05) is 37.3 Å². The predicted octanol–water partition coefficient (Wildman–Crippen LogP) is 0.352. The second-order valence-corrected chi connectivity index (χ2v) is 9.08. The van der Waals surface area contributed by atoms with E-state index in [1.165, 1.54) is 11.3 Å². The fourth-order valence-corrected chi connectivity index (χ4v) is 5.70. The molecule has 124 valence electrons. The molecule has 0 radical (unpaired) electrons. The quantitative estimate of drug-likeness (QED) is 0.846. The van der Waals surface area contributed by atoms with E-state index in [1.807, 2.05) is 0 Å². The molecule has 9 heteroatoms. The summed E-state index contributed by atoms with van der Waals surface area (Å²) in [6.45, 7) is 4.18. The number of nitrogens with zero attached hydrogens (tertiary/aromatic N) is 3. The molecule has 2 saturated heterocycles. The maximum atomic E-state index is 12.8. The van der Waals surface area contributed by atoms with Crippen molar-refractivity contribution in [1.82, 2.24) is 14.2 Å². The van der Waals surface area contributed by atoms with Crippen LogP contribution in [-0.2, 0) is 21.3 Å². The maximum absolute atomic E-state index is 12.8. The largest absolute Gasteiger partial charge is 0.379 e. The number of hydrogen-bond donors (Lipinski definition) is 1. The SMILES string of the molecule is Nc1ncc(CN2CCCC(S(=O)(=O)N3CCOCC3)C2)s1. The molecule has 1 unspecified atom stereocenters. The van der Waals surface area contributed by atoms with Crippen LogP contribution in [0.25, 0.3) is 0 Å². The Bertz CT molecular complexity index is 598. The third kappa shape index (κ3) is 3.60. The molecule has 1 aromatic rings. The van der Waals surface area contributed by atoms with Crippen LogP contribution in [-0.4, -0.2) is 67.2 Å². The van der Waals surface area contributed by atoms with Crippen molar-refractivity contribution in [1.29, 1.82) is 0 Å². The first kappa shape index (κ1) is 16.1. The molecule has 0 aliphatic carbocycles. The minimum absolute atomic E-state index is 0.315. The zero-order valence-electron chi connectivity index (χ0n) is 12.5. The number of thiazole rings is 1. The standard InChI is InChI=1S/C13H22N4O3S2/c14-13-15-8-11(21-13)9-16-3-1-2-12(10-16)22(18,19)17-4-6-20-7-5-17/h8,12H,1-7,9-10H2,(H2,14,15). The first-order valence-electron chi connectivity index (χ1n) is 7.55. The minimum atomic E-state index is -3.23. The van der Waals surface area contributed by atoms with E-state index >= 15 is 0 Å². The molecule has 2 N–H and O–H groups in total. The van der Waals surface area contributed by atoms with E-state index in [0.29, 0.717) is 38.0 Å². The van der Waals surface area contributed by atoms with Gasteiger partial charge >= 0.3 is 0 Å². The molecule has 22 heavy (non-hydrogen) atoms. The number of rotatable bonds is 4. The van der Waals surface area contributed by atoms with Crippen molar-refractivity contribution < 1.29 is 13.2 Å². The van der Waals surface area contributed by atoms with Gasteiger partial charge in [-0.3, -0.25) is 4.90 Å². The molecular weight excluding hydrogens is 324 g/mol. The van der Waals surface area contributed by atoms with Crippen molar-refractivity contribution >= 4 is 26.5 Å². The molecule has 0 bridgehead atoms. The van der Waals surface area contributed by atoms with Crippen molar-refractivity contribution in [2.24, 2.45) is 0 Å². The topological polar surface area (TPSA) is 88.8 Å². The number of morpholine rings is 1. The number of nitrogen functional groups attached to an aromatic ring is 1. The van der Waals surface area contributed by atoms with Gasteiger partial charge < -0.3 is 10.5 Å². The molecule has 3 rings (SSSR count). The van der Waals surface area contributed by atoms with E-state index in [9.17, 15) is 8.42 Å². The van der Waals surface area contributed by atoms with Crippen LogP contribution in [0, 0.1) is 0 Å². The molecule has 2 aliphatic rings. The first-order chi connectivity index (χ1) is 10.6. The highest BCUT2D eigenvalue weighted by molar-refractivity contribution is 7.89. The van der Waals surface area contributed by atoms with Crippen LogP contribution in [0.1, 0.15) is 17.7 Å². The van der Waals surface area contributed by atoms with Gasteiger partial charge in [0.05, 0.1) is 18.5 Å². The molecule has 1 aromatic heterocycles. The molecule has 0 amide bonds. The Morgan fingerprint density at radius 2 is 2.14 bits per heavy atom. The smallest absolute Gasteiger partial charge is 0.218 e. The Balaban J connectivity index is 1.64. The van der Waals surface area contributed by atoms with E-state index in [2.05, 4.69) is 9.88 Å². The van der Waals surface area contributed by atoms with Crippen LogP contribution < -0.4 is 5.73 Å². The molecule has 1 atom stereocenters. The van der Waals surface area contributed by atoms with E-state index in [0.717, 1.165) is 30.8 Å². The molecular formula is C13H22N4O3S2. The van der Waals surface area contributed by atoms with Gasteiger partial charge in [-0.05, 0) is 19.4 Å². The number of hydrogen-bond acceptors (Lipinski definition) is 7. The van der Waals surface area contributed by atoms with Crippen LogP contribution in [0.15, 0.2) is 6.20 Å². The van der Waals surface area contributed by atoms with Crippen LogP contribution in [0.4, 0.5) is 5.13 Å². The van der Waals surface area contributed by atoms with Crippen molar-refractivity contribution in [3.63, 3.8) is 0 Å². The Morgan fingerprint density at radius 1 is 1.36 bits per heavy atom. The summed E-state index contributed by atoms with van der Waals surface area (Å²) >= 11 is 1.47. The van der Waals surface area contributed by atoms with Gasteiger partial charge in [-0.15, -0.1) is 11.3 Å². The van der Waals surface area contributed by atoms with Gasteiger partial charge in [-0.2, -0.15) is 4.31 Å². The fourth-order valence-electron chi connectivity index (χ4n) is 3.03. The Kier molecular flexibility index (Phi) is 4.98. The number of nitrogens with two attached hydrogens (primary N) is 1. The Labute approximate surface area is 135 Å². The van der Waals surface area contributed by atoms with Crippen LogP contribution in [0.5, 0.6) is 0 Å². The van der Waals surface area contributed by atoms with E-state index in [4.69, 9.17) is 10.5 Å². The van der Waals surface area contributed by atoms with Crippen molar-refractivity contribution in [3.8, 4) is 0 Å². The molecule has 0 spiro atoms. The monoisotopic (exact) mass is 346 g/mol. The summed E-state index contributed by atoms with van der Waals surface area (Å²) in [5.74, 6) is 0. The Morgan fingerprint density at radius 3 is 2.82 bits per heavy atom. The molecule has 3 heterocycles. The third-order valence-corrected chi connectivity index (χ3v) is 7.29. The first-order valence-corrected chi connectivity index (χ1v) is 9.87. The molecule has 0 aromatic carbocycles. The zero-order chi connectivity index (χ0) is 15.6.